The third kappa shape index (κ3) is 0.956. The van der Waals surface area contributed by atoms with E-state index in [4.69, 9.17) is 0 Å². The summed E-state index contributed by atoms with van der Waals surface area (Å²) in [4.78, 5) is 0. The molecule has 58 valence electrons. The molecule has 1 saturated heterocycles. The summed E-state index contributed by atoms with van der Waals surface area (Å²) < 4.78 is 0. The third-order valence-electron chi connectivity index (χ3n) is 2.93. The molecule has 2 heteroatoms. The van der Waals surface area contributed by atoms with E-state index >= 15 is 0 Å². The van der Waals surface area contributed by atoms with Crippen molar-refractivity contribution < 1.29 is 5.11 Å². The third-order valence-corrected chi connectivity index (χ3v) is 2.93. The lowest BCUT2D eigenvalue weighted by molar-refractivity contribution is -0.00332. The molecule has 2 rings (SSSR count). The Morgan fingerprint density at radius 1 is 1.10 bits per heavy atom. The van der Waals surface area contributed by atoms with Crippen molar-refractivity contribution in [3.63, 3.8) is 0 Å². The van der Waals surface area contributed by atoms with Gasteiger partial charge >= 0.3 is 0 Å². The molecular weight excluding hydrogens is 126 g/mol. The molecule has 0 aromatic carbocycles. The van der Waals surface area contributed by atoms with Crippen LogP contribution in [0.2, 0.25) is 0 Å². The molecular formula is C8H15NO. The van der Waals surface area contributed by atoms with Gasteiger partial charge in [0.05, 0.1) is 6.10 Å². The molecule has 0 aromatic heterocycles. The van der Waals surface area contributed by atoms with Gasteiger partial charge in [-0.2, -0.15) is 0 Å². The second-order valence-corrected chi connectivity index (χ2v) is 3.60. The van der Waals surface area contributed by atoms with E-state index in [1.807, 2.05) is 0 Å². The van der Waals surface area contributed by atoms with Crippen LogP contribution in [0.15, 0.2) is 0 Å². The minimum absolute atomic E-state index is 0.00926. The molecule has 0 amide bonds. The summed E-state index contributed by atoms with van der Waals surface area (Å²) in [6, 6.07) is 0. The van der Waals surface area contributed by atoms with Gasteiger partial charge in [-0.3, -0.25) is 0 Å². The zero-order valence-electron chi connectivity index (χ0n) is 6.21. The van der Waals surface area contributed by atoms with Crippen molar-refractivity contribution in [3.05, 3.63) is 0 Å². The molecule has 0 spiro atoms. The normalized spacial score (nSPS) is 47.1. The van der Waals surface area contributed by atoms with E-state index in [9.17, 15) is 5.11 Å². The van der Waals surface area contributed by atoms with Gasteiger partial charge in [-0.25, -0.2) is 0 Å². The Hall–Kier alpha value is -0.0800. The van der Waals surface area contributed by atoms with Gasteiger partial charge < -0.3 is 10.4 Å². The maximum atomic E-state index is 9.65. The Bertz CT molecular complexity index is 104. The van der Waals surface area contributed by atoms with Gasteiger partial charge in [0, 0.05) is 13.1 Å². The van der Waals surface area contributed by atoms with E-state index < -0.39 is 0 Å². The summed E-state index contributed by atoms with van der Waals surface area (Å²) >= 11 is 0. The van der Waals surface area contributed by atoms with Crippen LogP contribution in [0.5, 0.6) is 0 Å². The monoisotopic (exact) mass is 141 g/mol. The largest absolute Gasteiger partial charge is 0.392 e. The van der Waals surface area contributed by atoms with E-state index in [0.717, 1.165) is 13.1 Å². The molecule has 2 N–H and O–H groups in total. The number of aliphatic hydroxyl groups is 1. The number of rotatable bonds is 0. The first-order valence-electron chi connectivity index (χ1n) is 4.26. The summed E-state index contributed by atoms with van der Waals surface area (Å²) in [6.07, 6.45) is 3.79. The van der Waals surface area contributed by atoms with Crippen molar-refractivity contribution >= 4 is 0 Å². The second kappa shape index (κ2) is 2.51. The predicted octanol–water partition coefficient (Wildman–Crippen LogP) is 0.367. The Morgan fingerprint density at radius 3 is 2.20 bits per heavy atom. The Morgan fingerprint density at radius 2 is 1.70 bits per heavy atom. The Labute approximate surface area is 61.6 Å². The van der Waals surface area contributed by atoms with Gasteiger partial charge in [-0.05, 0) is 24.7 Å². The van der Waals surface area contributed by atoms with E-state index in [1.54, 1.807) is 0 Å². The predicted molar refractivity (Wildman–Crippen MR) is 39.7 cm³/mol. The SMILES string of the molecule is OC1[C@H]2CCC[C@H]1CNC2. The summed E-state index contributed by atoms with van der Waals surface area (Å²) in [5, 5.41) is 13.0. The summed E-state index contributed by atoms with van der Waals surface area (Å²) in [5.41, 5.74) is 0. The number of hydrogen-bond donors (Lipinski definition) is 2. The lowest BCUT2D eigenvalue weighted by Gasteiger charge is -2.39. The molecule has 2 aliphatic rings. The first-order valence-corrected chi connectivity index (χ1v) is 4.26. The maximum absolute atomic E-state index is 9.65. The number of fused-ring (bicyclic) bond motifs is 2. The van der Waals surface area contributed by atoms with Gasteiger partial charge in [0.15, 0.2) is 0 Å². The molecule has 0 unspecified atom stereocenters. The van der Waals surface area contributed by atoms with E-state index in [2.05, 4.69) is 5.32 Å². The molecule has 1 saturated carbocycles. The molecule has 10 heavy (non-hydrogen) atoms. The van der Waals surface area contributed by atoms with Crippen LogP contribution >= 0.6 is 0 Å². The number of aliphatic hydroxyl groups excluding tert-OH is 1. The minimum Gasteiger partial charge on any atom is -0.392 e. The highest BCUT2D eigenvalue weighted by Gasteiger charge is 2.34. The summed E-state index contributed by atoms with van der Waals surface area (Å²) in [5.74, 6) is 1.12. The van der Waals surface area contributed by atoms with Crippen molar-refractivity contribution in [3.8, 4) is 0 Å². The molecule has 1 heterocycles. The highest BCUT2D eigenvalue weighted by atomic mass is 16.3. The highest BCUT2D eigenvalue weighted by molar-refractivity contribution is 4.88. The average molecular weight is 141 g/mol. The van der Waals surface area contributed by atoms with Crippen LogP contribution in [0, 0.1) is 11.8 Å². The van der Waals surface area contributed by atoms with Crippen molar-refractivity contribution in [2.24, 2.45) is 11.8 Å². The van der Waals surface area contributed by atoms with Gasteiger partial charge in [0.2, 0.25) is 0 Å². The molecule has 1 aliphatic heterocycles. The van der Waals surface area contributed by atoms with E-state index in [1.165, 1.54) is 19.3 Å². The number of hydrogen-bond acceptors (Lipinski definition) is 2. The van der Waals surface area contributed by atoms with Crippen LogP contribution in [-0.4, -0.2) is 24.3 Å². The van der Waals surface area contributed by atoms with Crippen LogP contribution in [0.3, 0.4) is 0 Å². The molecule has 2 atom stereocenters. The summed E-state index contributed by atoms with van der Waals surface area (Å²) in [7, 11) is 0. The van der Waals surface area contributed by atoms with Crippen LogP contribution in [0.4, 0.5) is 0 Å². The lowest BCUT2D eigenvalue weighted by atomic mass is 9.76. The summed E-state index contributed by atoms with van der Waals surface area (Å²) in [6.45, 7) is 2.08. The van der Waals surface area contributed by atoms with E-state index in [0.29, 0.717) is 11.8 Å². The van der Waals surface area contributed by atoms with Crippen molar-refractivity contribution in [1.82, 2.24) is 5.32 Å². The first-order chi connectivity index (χ1) is 4.88. The van der Waals surface area contributed by atoms with Gasteiger partial charge in [-0.15, -0.1) is 0 Å². The fraction of sp³-hybridized carbons (Fsp3) is 1.00. The van der Waals surface area contributed by atoms with Crippen LogP contribution in [-0.2, 0) is 0 Å². The molecule has 0 aromatic rings. The maximum Gasteiger partial charge on any atom is 0.0620 e. The van der Waals surface area contributed by atoms with Crippen LogP contribution < -0.4 is 5.32 Å². The quantitative estimate of drug-likeness (QED) is 0.510. The topological polar surface area (TPSA) is 32.3 Å². The van der Waals surface area contributed by atoms with Crippen molar-refractivity contribution in [2.45, 2.75) is 25.4 Å². The van der Waals surface area contributed by atoms with Gasteiger partial charge in [0.25, 0.3) is 0 Å². The van der Waals surface area contributed by atoms with Crippen LogP contribution in [0.25, 0.3) is 0 Å². The zero-order valence-corrected chi connectivity index (χ0v) is 6.21. The van der Waals surface area contributed by atoms with Crippen LogP contribution in [0.1, 0.15) is 19.3 Å². The zero-order chi connectivity index (χ0) is 6.97. The highest BCUT2D eigenvalue weighted by Crippen LogP contribution is 2.31. The van der Waals surface area contributed by atoms with Gasteiger partial charge in [0.1, 0.15) is 0 Å². The molecule has 2 bridgehead atoms. The first kappa shape index (κ1) is 6.62. The standard InChI is InChI=1S/C8H15NO/c10-8-6-2-1-3-7(8)5-9-4-6/h6-10H,1-5H2/t6-,7-/m0/s1. The van der Waals surface area contributed by atoms with E-state index in [-0.39, 0.29) is 6.10 Å². The average Bonchev–Trinajstić information content (AvgIpc) is 1.86. The second-order valence-electron chi connectivity index (χ2n) is 3.60. The number of nitrogens with one attached hydrogen (secondary N) is 1. The lowest BCUT2D eigenvalue weighted by Crippen LogP contribution is -2.49. The fourth-order valence-corrected chi connectivity index (χ4v) is 2.27. The van der Waals surface area contributed by atoms with Crippen molar-refractivity contribution in [2.75, 3.05) is 13.1 Å². The molecule has 1 aliphatic carbocycles. The molecule has 2 fully saturated rings. The molecule has 0 radical (unpaired) electrons. The Balaban J connectivity index is 2.05. The Kier molecular flexibility index (Phi) is 1.66. The number of piperidine rings is 1. The fourth-order valence-electron chi connectivity index (χ4n) is 2.27. The smallest absolute Gasteiger partial charge is 0.0620 e. The van der Waals surface area contributed by atoms with Gasteiger partial charge in [-0.1, -0.05) is 6.42 Å². The van der Waals surface area contributed by atoms with Crippen molar-refractivity contribution in [1.29, 1.82) is 0 Å². The molecule has 2 nitrogen and oxygen atoms in total. The minimum atomic E-state index is 0.00926.